The lowest BCUT2D eigenvalue weighted by Gasteiger charge is -2.40. The number of ether oxygens (including phenoxy) is 1. The molecule has 0 amide bonds. The van der Waals surface area contributed by atoms with Crippen molar-refractivity contribution in [3.8, 4) is 67.7 Å². The van der Waals surface area contributed by atoms with Crippen molar-refractivity contribution in [2.45, 2.75) is 63.2 Å². The van der Waals surface area contributed by atoms with Crippen LogP contribution < -0.4 is 4.74 Å². The third kappa shape index (κ3) is 5.54. The number of hydrogen-bond donors (Lipinski definition) is 0. The summed E-state index contributed by atoms with van der Waals surface area (Å²) in [6, 6.07) is 61.2. The Labute approximate surface area is 358 Å². The standard InChI is InChI=1S/C57H47N3O/c1-55(2)36-56(33-13-12-20-42(55)35-56)54-59-52(38-16-4-3-5-17-38)58-53(60-54)39-31-29-37(30-32-39)40-18-14-19-41(34-40)43-23-15-27-49-51(43)61-50-28-11-10-26-48(50)57(49)46-24-8-6-21-44(46)45-22-7-9-25-47(45)57/h3-11,14-19,21-32,34,42H,12-13,20,33,35-36H2,1-2H3. The molecule has 1 spiro atoms. The van der Waals surface area contributed by atoms with Gasteiger partial charge in [0.25, 0.3) is 0 Å². The molecule has 296 valence electrons. The van der Waals surface area contributed by atoms with Crippen LogP contribution in [0.2, 0.25) is 0 Å². The van der Waals surface area contributed by atoms with Gasteiger partial charge < -0.3 is 4.74 Å². The Bertz CT molecular complexity index is 2960. The van der Waals surface area contributed by atoms with Crippen LogP contribution in [0.5, 0.6) is 11.5 Å². The summed E-state index contributed by atoms with van der Waals surface area (Å²) in [4.78, 5) is 15.8. The maximum Gasteiger partial charge on any atom is 0.163 e. The van der Waals surface area contributed by atoms with Gasteiger partial charge in [-0.3, -0.25) is 0 Å². The van der Waals surface area contributed by atoms with E-state index in [1.54, 1.807) is 0 Å². The molecule has 1 aromatic heterocycles. The van der Waals surface area contributed by atoms with E-state index < -0.39 is 5.41 Å². The average molecular weight is 790 g/mol. The summed E-state index contributed by atoms with van der Waals surface area (Å²) in [7, 11) is 0. The number of hydrogen-bond acceptors (Lipinski definition) is 4. The van der Waals surface area contributed by atoms with Crippen LogP contribution in [0.3, 0.4) is 0 Å². The lowest BCUT2D eigenvalue weighted by atomic mass is 9.65. The number of benzene rings is 7. The highest BCUT2D eigenvalue weighted by atomic mass is 16.5. The summed E-state index contributed by atoms with van der Waals surface area (Å²) < 4.78 is 7.00. The lowest BCUT2D eigenvalue weighted by Crippen LogP contribution is -2.32. The normalized spacial score (nSPS) is 19.9. The molecular formula is C57H47N3O. The second kappa shape index (κ2) is 13.7. The zero-order valence-electron chi connectivity index (χ0n) is 34.7. The van der Waals surface area contributed by atoms with Crippen LogP contribution in [-0.2, 0) is 10.8 Å². The van der Waals surface area contributed by atoms with Crippen LogP contribution in [0.15, 0.2) is 170 Å². The van der Waals surface area contributed by atoms with Gasteiger partial charge in [-0.05, 0) is 88.1 Å². The molecule has 4 nitrogen and oxygen atoms in total. The molecule has 4 heteroatoms. The largest absolute Gasteiger partial charge is 0.456 e. The Morgan fingerprint density at radius 2 is 1.07 bits per heavy atom. The van der Waals surface area contributed by atoms with Crippen molar-refractivity contribution in [3.63, 3.8) is 0 Å². The van der Waals surface area contributed by atoms with Gasteiger partial charge in [0.2, 0.25) is 0 Å². The molecule has 2 fully saturated rings. The van der Waals surface area contributed by atoms with Gasteiger partial charge in [0, 0.05) is 33.2 Å². The first-order valence-corrected chi connectivity index (χ1v) is 22.0. The fourth-order valence-corrected chi connectivity index (χ4v) is 11.9. The SMILES string of the molecule is CC1(C)CC2(c3nc(-c4ccccc4)nc(-c4ccc(-c5cccc(-c6cccc7c6Oc6ccccc6C76c7ccccc7-c7ccccc76)c5)cc4)n3)CCCCC1C2. The van der Waals surface area contributed by atoms with Crippen molar-refractivity contribution < 1.29 is 4.74 Å². The molecule has 2 saturated carbocycles. The molecule has 2 unspecified atom stereocenters. The molecule has 0 radical (unpaired) electrons. The highest BCUT2D eigenvalue weighted by Crippen LogP contribution is 2.63. The van der Waals surface area contributed by atoms with Gasteiger partial charge in [0.05, 0.1) is 5.41 Å². The predicted molar refractivity (Wildman–Crippen MR) is 246 cm³/mol. The number of rotatable bonds is 5. The fraction of sp³-hybridized carbons (Fsp3) is 0.211. The maximum atomic E-state index is 7.00. The zero-order chi connectivity index (χ0) is 40.8. The monoisotopic (exact) mass is 789 g/mol. The second-order valence-electron chi connectivity index (χ2n) is 18.5. The van der Waals surface area contributed by atoms with Gasteiger partial charge in [-0.2, -0.15) is 0 Å². The van der Waals surface area contributed by atoms with E-state index in [0.717, 1.165) is 81.6 Å². The molecule has 2 bridgehead atoms. The Hall–Kier alpha value is -6.65. The van der Waals surface area contributed by atoms with Crippen molar-refractivity contribution in [2.75, 3.05) is 0 Å². The van der Waals surface area contributed by atoms with Crippen molar-refractivity contribution in [1.29, 1.82) is 0 Å². The van der Waals surface area contributed by atoms with Crippen molar-refractivity contribution in [1.82, 2.24) is 15.0 Å². The Morgan fingerprint density at radius 3 is 1.82 bits per heavy atom. The van der Waals surface area contributed by atoms with Gasteiger partial charge in [-0.25, -0.2) is 15.0 Å². The highest BCUT2D eigenvalue weighted by Gasteiger charge is 2.53. The van der Waals surface area contributed by atoms with Crippen molar-refractivity contribution >= 4 is 0 Å². The summed E-state index contributed by atoms with van der Waals surface area (Å²) in [5.41, 5.74) is 13.8. The van der Waals surface area contributed by atoms with Gasteiger partial charge in [-0.15, -0.1) is 0 Å². The lowest BCUT2D eigenvalue weighted by molar-refractivity contribution is 0.225. The minimum Gasteiger partial charge on any atom is -0.456 e. The quantitative estimate of drug-likeness (QED) is 0.174. The van der Waals surface area contributed by atoms with Crippen molar-refractivity contribution in [3.05, 3.63) is 198 Å². The maximum absolute atomic E-state index is 7.00. The Kier molecular flexibility index (Phi) is 8.13. The molecule has 2 atom stereocenters. The second-order valence-corrected chi connectivity index (χ2v) is 18.5. The number of nitrogens with zero attached hydrogens (tertiary/aromatic N) is 3. The molecule has 8 aromatic rings. The van der Waals surface area contributed by atoms with Gasteiger partial charge >= 0.3 is 0 Å². The number of para-hydroxylation sites is 2. The molecule has 3 aliphatic carbocycles. The van der Waals surface area contributed by atoms with E-state index in [4.69, 9.17) is 19.7 Å². The molecule has 0 saturated heterocycles. The van der Waals surface area contributed by atoms with Crippen LogP contribution in [0.4, 0.5) is 0 Å². The minimum absolute atomic E-state index is 0.0150. The molecule has 2 heterocycles. The number of aromatic nitrogens is 3. The average Bonchev–Trinajstić information content (AvgIpc) is 3.63. The molecular weight excluding hydrogens is 743 g/mol. The minimum atomic E-state index is -0.498. The van der Waals surface area contributed by atoms with Gasteiger partial charge in [-0.1, -0.05) is 184 Å². The summed E-state index contributed by atoms with van der Waals surface area (Å²) in [6.45, 7) is 4.92. The third-order valence-electron chi connectivity index (χ3n) is 14.7. The van der Waals surface area contributed by atoms with E-state index in [0.29, 0.717) is 5.92 Å². The Balaban J connectivity index is 0.940. The fourth-order valence-electron chi connectivity index (χ4n) is 11.9. The summed E-state index contributed by atoms with van der Waals surface area (Å²) in [6.07, 6.45) is 7.26. The molecule has 4 aliphatic rings. The topological polar surface area (TPSA) is 47.9 Å². The van der Waals surface area contributed by atoms with E-state index >= 15 is 0 Å². The zero-order valence-corrected chi connectivity index (χ0v) is 34.7. The first-order valence-electron chi connectivity index (χ1n) is 22.0. The molecule has 0 N–H and O–H groups in total. The molecule has 7 aromatic carbocycles. The number of fused-ring (bicyclic) bond motifs is 11. The predicted octanol–water partition coefficient (Wildman–Crippen LogP) is 14.3. The molecule has 1 aliphatic heterocycles. The van der Waals surface area contributed by atoms with Crippen molar-refractivity contribution in [2.24, 2.45) is 11.3 Å². The van der Waals surface area contributed by atoms with Crippen LogP contribution in [0.25, 0.3) is 56.2 Å². The first kappa shape index (κ1) is 36.2. The van der Waals surface area contributed by atoms with Crippen LogP contribution >= 0.6 is 0 Å². The molecule has 12 rings (SSSR count). The van der Waals surface area contributed by atoms with Crippen LogP contribution in [0, 0.1) is 11.3 Å². The smallest absolute Gasteiger partial charge is 0.163 e. The van der Waals surface area contributed by atoms with E-state index in [9.17, 15) is 0 Å². The summed E-state index contributed by atoms with van der Waals surface area (Å²) in [5.74, 6) is 5.00. The van der Waals surface area contributed by atoms with Gasteiger partial charge in [0.15, 0.2) is 11.6 Å². The van der Waals surface area contributed by atoms with E-state index in [1.807, 2.05) is 0 Å². The van der Waals surface area contributed by atoms with Crippen LogP contribution in [-0.4, -0.2) is 15.0 Å². The summed E-state index contributed by atoms with van der Waals surface area (Å²) in [5, 5.41) is 0. The molecule has 61 heavy (non-hydrogen) atoms. The van der Waals surface area contributed by atoms with Gasteiger partial charge in [0.1, 0.15) is 17.3 Å². The van der Waals surface area contributed by atoms with E-state index in [2.05, 4.69) is 184 Å². The first-order chi connectivity index (χ1) is 29.9. The van der Waals surface area contributed by atoms with Crippen LogP contribution in [0.1, 0.15) is 80.5 Å². The third-order valence-corrected chi connectivity index (χ3v) is 14.7. The van der Waals surface area contributed by atoms with E-state index in [-0.39, 0.29) is 10.8 Å². The Morgan fingerprint density at radius 1 is 0.492 bits per heavy atom. The summed E-state index contributed by atoms with van der Waals surface area (Å²) >= 11 is 0. The highest BCUT2D eigenvalue weighted by molar-refractivity contribution is 5.90. The van der Waals surface area contributed by atoms with E-state index in [1.165, 1.54) is 52.6 Å².